The van der Waals surface area contributed by atoms with Crippen molar-refractivity contribution in [2.24, 2.45) is 0 Å². The smallest absolute Gasteiger partial charge is 0.161 e. The van der Waals surface area contributed by atoms with E-state index in [-0.39, 0.29) is 11.9 Å². The predicted molar refractivity (Wildman–Crippen MR) is 83.5 cm³/mol. The Balaban J connectivity index is 1.90. The number of aromatic nitrogens is 3. The molecule has 6 nitrogen and oxygen atoms in total. The summed E-state index contributed by atoms with van der Waals surface area (Å²) < 4.78 is 0. The van der Waals surface area contributed by atoms with Gasteiger partial charge in [-0.05, 0) is 31.4 Å². The predicted octanol–water partition coefficient (Wildman–Crippen LogP) is 1.50. The molecule has 1 unspecified atom stereocenters. The van der Waals surface area contributed by atoms with Gasteiger partial charge >= 0.3 is 0 Å². The lowest BCUT2D eigenvalue weighted by molar-refractivity contribution is -0.113. The van der Waals surface area contributed by atoms with Crippen LogP contribution < -0.4 is 10.6 Å². The average Bonchev–Trinajstić information content (AvgIpc) is 2.88. The minimum Gasteiger partial charge on any atom is -0.369 e. The first-order valence-electron chi connectivity index (χ1n) is 7.29. The highest BCUT2D eigenvalue weighted by Crippen LogP contribution is 2.30. The molecule has 3 rings (SSSR count). The van der Waals surface area contributed by atoms with E-state index in [4.69, 9.17) is 0 Å². The molecule has 22 heavy (non-hydrogen) atoms. The SMILES string of the molecule is CC(=O)C1=C(C)NC(NCc2ncn[nH]2)C2=C1CC=CC=C2. The summed E-state index contributed by atoms with van der Waals surface area (Å²) in [6.45, 7) is 4.13. The third-order valence-corrected chi connectivity index (χ3v) is 3.83. The van der Waals surface area contributed by atoms with Crippen molar-refractivity contribution in [1.82, 2.24) is 25.8 Å². The van der Waals surface area contributed by atoms with Crippen LogP contribution in [0.15, 0.2) is 53.0 Å². The number of Topliss-reactive ketones (excluding diaryl/α,β-unsaturated/α-hetero) is 1. The van der Waals surface area contributed by atoms with Crippen LogP contribution in [-0.4, -0.2) is 27.1 Å². The van der Waals surface area contributed by atoms with E-state index in [1.165, 1.54) is 6.33 Å². The van der Waals surface area contributed by atoms with Crippen molar-refractivity contribution in [2.45, 2.75) is 33.0 Å². The number of carbonyl (C=O) groups is 1. The van der Waals surface area contributed by atoms with Crippen molar-refractivity contribution in [3.8, 4) is 0 Å². The zero-order chi connectivity index (χ0) is 15.5. The summed E-state index contributed by atoms with van der Waals surface area (Å²) in [4.78, 5) is 16.1. The molecule has 0 bridgehead atoms. The van der Waals surface area contributed by atoms with Crippen LogP contribution in [0, 0.1) is 0 Å². The summed E-state index contributed by atoms with van der Waals surface area (Å²) in [6, 6.07) is 0. The Labute approximate surface area is 129 Å². The van der Waals surface area contributed by atoms with Crippen molar-refractivity contribution < 1.29 is 4.79 Å². The molecule has 1 aliphatic heterocycles. The summed E-state index contributed by atoms with van der Waals surface area (Å²) >= 11 is 0. The zero-order valence-corrected chi connectivity index (χ0v) is 12.7. The molecule has 114 valence electrons. The highest BCUT2D eigenvalue weighted by Gasteiger charge is 2.27. The number of dihydropyridines is 1. The molecule has 0 amide bonds. The molecule has 2 heterocycles. The molecule has 3 N–H and O–H groups in total. The van der Waals surface area contributed by atoms with E-state index in [1.54, 1.807) is 6.92 Å². The van der Waals surface area contributed by atoms with E-state index in [0.29, 0.717) is 6.54 Å². The highest BCUT2D eigenvalue weighted by molar-refractivity contribution is 5.99. The molecule has 1 atom stereocenters. The monoisotopic (exact) mass is 297 g/mol. The molecule has 0 fully saturated rings. The molecule has 0 radical (unpaired) electrons. The molecule has 0 saturated carbocycles. The third kappa shape index (κ3) is 2.78. The van der Waals surface area contributed by atoms with Gasteiger partial charge in [-0.25, -0.2) is 4.98 Å². The quantitative estimate of drug-likeness (QED) is 0.784. The van der Waals surface area contributed by atoms with Crippen molar-refractivity contribution in [2.75, 3.05) is 0 Å². The number of allylic oxidation sites excluding steroid dienone is 6. The van der Waals surface area contributed by atoms with E-state index in [1.807, 2.05) is 19.1 Å². The Morgan fingerprint density at radius 1 is 1.45 bits per heavy atom. The Morgan fingerprint density at radius 2 is 2.32 bits per heavy atom. The maximum Gasteiger partial charge on any atom is 0.161 e. The van der Waals surface area contributed by atoms with Crippen molar-refractivity contribution in [1.29, 1.82) is 0 Å². The molecule has 0 saturated heterocycles. The Bertz CT molecular complexity index is 694. The number of aromatic amines is 1. The van der Waals surface area contributed by atoms with Gasteiger partial charge in [-0.15, -0.1) is 0 Å². The highest BCUT2D eigenvalue weighted by atomic mass is 16.1. The number of H-pyrrole nitrogens is 1. The van der Waals surface area contributed by atoms with Gasteiger partial charge in [-0.2, -0.15) is 5.10 Å². The fraction of sp³-hybridized carbons (Fsp3) is 0.312. The van der Waals surface area contributed by atoms with E-state index >= 15 is 0 Å². The molecule has 1 aromatic heterocycles. The summed E-state index contributed by atoms with van der Waals surface area (Å²) in [6.07, 6.45) is 10.3. The van der Waals surface area contributed by atoms with E-state index in [2.05, 4.69) is 38.0 Å². The van der Waals surface area contributed by atoms with Crippen LogP contribution in [-0.2, 0) is 11.3 Å². The van der Waals surface area contributed by atoms with Crippen LogP contribution >= 0.6 is 0 Å². The van der Waals surface area contributed by atoms with Crippen LogP contribution in [0.3, 0.4) is 0 Å². The van der Waals surface area contributed by atoms with E-state index in [9.17, 15) is 4.79 Å². The van der Waals surface area contributed by atoms with Crippen molar-refractivity contribution >= 4 is 5.78 Å². The van der Waals surface area contributed by atoms with Gasteiger partial charge in [0.15, 0.2) is 5.78 Å². The van der Waals surface area contributed by atoms with Gasteiger partial charge in [0.2, 0.25) is 0 Å². The third-order valence-electron chi connectivity index (χ3n) is 3.83. The van der Waals surface area contributed by atoms with Crippen LogP contribution in [0.4, 0.5) is 0 Å². The lowest BCUT2D eigenvalue weighted by Crippen LogP contribution is -2.45. The first kappa shape index (κ1) is 14.5. The normalized spacial score (nSPS) is 20.7. The minimum atomic E-state index is -0.0562. The van der Waals surface area contributed by atoms with Gasteiger partial charge < -0.3 is 5.32 Å². The number of hydrogen-bond acceptors (Lipinski definition) is 5. The molecule has 1 aliphatic carbocycles. The van der Waals surface area contributed by atoms with E-state index in [0.717, 1.165) is 34.7 Å². The maximum absolute atomic E-state index is 12.0. The number of nitrogens with one attached hydrogen (secondary N) is 3. The summed E-state index contributed by atoms with van der Waals surface area (Å²) in [5, 5.41) is 13.5. The molecule has 0 aromatic carbocycles. The lowest BCUT2D eigenvalue weighted by Gasteiger charge is -2.31. The number of ketones is 1. The first-order valence-corrected chi connectivity index (χ1v) is 7.29. The second kappa shape index (κ2) is 6.11. The van der Waals surface area contributed by atoms with Crippen molar-refractivity contribution in [3.63, 3.8) is 0 Å². The fourth-order valence-electron chi connectivity index (χ4n) is 2.90. The Hall–Kier alpha value is -2.47. The van der Waals surface area contributed by atoms with Gasteiger partial charge in [0.1, 0.15) is 18.3 Å². The fourth-order valence-corrected chi connectivity index (χ4v) is 2.90. The Morgan fingerprint density at radius 3 is 3.05 bits per heavy atom. The van der Waals surface area contributed by atoms with Crippen LogP contribution in [0.25, 0.3) is 0 Å². The van der Waals surface area contributed by atoms with Crippen LogP contribution in [0.5, 0.6) is 0 Å². The van der Waals surface area contributed by atoms with E-state index < -0.39 is 0 Å². The van der Waals surface area contributed by atoms with Crippen LogP contribution in [0.2, 0.25) is 0 Å². The van der Waals surface area contributed by atoms with Gasteiger partial charge in [0.25, 0.3) is 0 Å². The van der Waals surface area contributed by atoms with Crippen molar-refractivity contribution in [3.05, 3.63) is 58.9 Å². The molecule has 6 heteroatoms. The molecular weight excluding hydrogens is 278 g/mol. The minimum absolute atomic E-state index is 0.0562. The number of nitrogens with zero attached hydrogens (tertiary/aromatic N) is 2. The number of rotatable bonds is 4. The largest absolute Gasteiger partial charge is 0.369 e. The van der Waals surface area contributed by atoms with Gasteiger partial charge in [0.05, 0.1) is 6.54 Å². The molecule has 0 spiro atoms. The van der Waals surface area contributed by atoms with Gasteiger partial charge in [0, 0.05) is 11.3 Å². The Kier molecular flexibility index (Phi) is 4.02. The number of hydrogen-bond donors (Lipinski definition) is 3. The molecular formula is C16H19N5O. The van der Waals surface area contributed by atoms with Gasteiger partial charge in [-0.1, -0.05) is 24.3 Å². The summed E-state index contributed by atoms with van der Waals surface area (Å²) in [7, 11) is 0. The second-order valence-corrected chi connectivity index (χ2v) is 5.37. The standard InChI is InChI=1S/C16H19N5O/c1-10-15(11(2)22)12-6-4-3-5-7-13(12)16(20-10)17-8-14-18-9-19-21-14/h3-5,7,9,16-17,20H,6,8H2,1-2H3,(H,18,19,21). The average molecular weight is 297 g/mol. The lowest BCUT2D eigenvalue weighted by atomic mass is 9.89. The molecule has 2 aliphatic rings. The summed E-state index contributed by atoms with van der Waals surface area (Å²) in [5.41, 5.74) is 3.89. The number of carbonyl (C=O) groups excluding carboxylic acids is 1. The topological polar surface area (TPSA) is 82.7 Å². The summed E-state index contributed by atoms with van der Waals surface area (Å²) in [5.74, 6) is 0.869. The molecule has 1 aromatic rings. The zero-order valence-electron chi connectivity index (χ0n) is 12.7. The first-order chi connectivity index (χ1) is 10.7. The second-order valence-electron chi connectivity index (χ2n) is 5.37. The van der Waals surface area contributed by atoms with Crippen LogP contribution in [0.1, 0.15) is 26.1 Å². The van der Waals surface area contributed by atoms with Gasteiger partial charge in [-0.3, -0.25) is 15.2 Å². The maximum atomic E-state index is 12.0.